The predicted molar refractivity (Wildman–Crippen MR) is 48.3 cm³/mol. The molecule has 0 saturated carbocycles. The van der Waals surface area contributed by atoms with Crippen LogP contribution in [0.2, 0.25) is 0 Å². The van der Waals surface area contributed by atoms with E-state index in [9.17, 15) is 4.57 Å². The summed E-state index contributed by atoms with van der Waals surface area (Å²) in [5, 5.41) is 0. The van der Waals surface area contributed by atoms with Crippen molar-refractivity contribution in [2.45, 2.75) is 45.4 Å². The van der Waals surface area contributed by atoms with E-state index in [0.29, 0.717) is 6.61 Å². The molecule has 1 unspecified atom stereocenters. The summed E-state index contributed by atoms with van der Waals surface area (Å²) in [7, 11) is -0.580. The average molecular weight is 236 g/mol. The zero-order valence-electron chi connectivity index (χ0n) is 7.60. The molecule has 0 aliphatic carbocycles. The Kier molecular flexibility index (Phi) is 17.7. The van der Waals surface area contributed by atoms with Gasteiger partial charge in [0.1, 0.15) is 6.61 Å². The quantitative estimate of drug-likeness (QED) is 0.477. The van der Waals surface area contributed by atoms with E-state index in [1.54, 1.807) is 0 Å². The molecule has 0 fully saturated rings. The van der Waals surface area contributed by atoms with Gasteiger partial charge in [-0.3, -0.25) is 0 Å². The monoisotopic (exact) mass is 236 g/mol. The van der Waals surface area contributed by atoms with Gasteiger partial charge in [-0.25, -0.2) is 0 Å². The molecule has 0 spiro atoms. The first-order valence-corrected chi connectivity index (χ1v) is 5.22. The van der Waals surface area contributed by atoms with Crippen molar-refractivity contribution in [3.8, 4) is 0 Å². The molecule has 12 heavy (non-hydrogen) atoms. The molecule has 0 aromatic carbocycles. The van der Waals surface area contributed by atoms with Gasteiger partial charge in [-0.15, -0.1) is 4.52 Å². The van der Waals surface area contributed by atoms with Crippen molar-refractivity contribution in [2.24, 2.45) is 0 Å². The van der Waals surface area contributed by atoms with Gasteiger partial charge in [-0.1, -0.05) is 39.0 Å². The zero-order valence-corrected chi connectivity index (χ0v) is 9.64. The maximum Gasteiger partial charge on any atom is 3.00 e. The van der Waals surface area contributed by atoms with Crippen molar-refractivity contribution in [2.75, 3.05) is 6.61 Å². The minimum atomic E-state index is -0.580. The summed E-state index contributed by atoms with van der Waals surface area (Å²) in [6, 6.07) is 0. The normalized spacial score (nSPS) is 9.75. The Balaban J connectivity index is 0. The summed E-state index contributed by atoms with van der Waals surface area (Å²) in [5.41, 5.74) is 0. The second-order valence-corrected chi connectivity index (χ2v) is 3.15. The van der Waals surface area contributed by atoms with E-state index in [1.807, 2.05) is 0 Å². The molecule has 0 rings (SSSR count). The molecular formula is C8H18CoO2P+4. The molecule has 0 saturated heterocycles. The largest absolute Gasteiger partial charge is 3.00 e. The third-order valence-corrected chi connectivity index (χ3v) is 1.98. The van der Waals surface area contributed by atoms with Gasteiger partial charge in [0.25, 0.3) is 0 Å². The predicted octanol–water partition coefficient (Wildman–Crippen LogP) is 3.30. The molecule has 0 aromatic heterocycles. The molecule has 0 aliphatic rings. The van der Waals surface area contributed by atoms with Crippen molar-refractivity contribution in [1.29, 1.82) is 0 Å². The molecule has 1 atom stereocenters. The molecule has 2 nitrogen and oxygen atoms in total. The fraction of sp³-hybridized carbons (Fsp3) is 1.00. The Morgan fingerprint density at radius 2 is 1.67 bits per heavy atom. The number of unbranched alkanes of at least 4 members (excludes halogenated alkanes) is 5. The van der Waals surface area contributed by atoms with Crippen LogP contribution in [0.1, 0.15) is 45.4 Å². The summed E-state index contributed by atoms with van der Waals surface area (Å²) in [6.45, 7) is 2.87. The van der Waals surface area contributed by atoms with E-state index in [2.05, 4.69) is 6.92 Å². The average Bonchev–Trinajstić information content (AvgIpc) is 2.03. The van der Waals surface area contributed by atoms with E-state index < -0.39 is 8.69 Å². The van der Waals surface area contributed by atoms with Crippen molar-refractivity contribution < 1.29 is 25.9 Å². The van der Waals surface area contributed by atoms with Gasteiger partial charge in [0, 0.05) is 0 Å². The maximum atomic E-state index is 9.87. The zero-order chi connectivity index (χ0) is 8.36. The third-order valence-electron chi connectivity index (χ3n) is 1.66. The first-order valence-electron chi connectivity index (χ1n) is 4.40. The summed E-state index contributed by atoms with van der Waals surface area (Å²) in [4.78, 5) is 0. The molecule has 4 heteroatoms. The van der Waals surface area contributed by atoms with Crippen LogP contribution in [0, 0.1) is 0 Å². The van der Waals surface area contributed by atoms with Gasteiger partial charge >= 0.3 is 25.5 Å². The molecule has 0 amide bonds. The summed E-state index contributed by atoms with van der Waals surface area (Å²) >= 11 is 0. The van der Waals surface area contributed by atoms with Gasteiger partial charge in [-0.2, -0.15) is 0 Å². The Morgan fingerprint density at radius 3 is 2.25 bits per heavy atom. The SMILES string of the molecule is CCCCCCCCO[PH+]=O.[Co+3]. The fourth-order valence-corrected chi connectivity index (χ4v) is 1.22. The second-order valence-electron chi connectivity index (χ2n) is 2.70. The van der Waals surface area contributed by atoms with Crippen LogP contribution in [0.4, 0.5) is 0 Å². The smallest absolute Gasteiger partial charge is 0.148 e. The van der Waals surface area contributed by atoms with E-state index in [-0.39, 0.29) is 16.8 Å². The molecule has 0 aliphatic heterocycles. The first-order chi connectivity index (χ1) is 5.41. The van der Waals surface area contributed by atoms with Crippen LogP contribution in [-0.2, 0) is 25.9 Å². The first kappa shape index (κ1) is 15.1. The molecule has 0 bridgehead atoms. The summed E-state index contributed by atoms with van der Waals surface area (Å²) in [5.74, 6) is 0. The van der Waals surface area contributed by atoms with Crippen molar-refractivity contribution in [3.05, 3.63) is 0 Å². The topological polar surface area (TPSA) is 26.3 Å². The van der Waals surface area contributed by atoms with Gasteiger partial charge < -0.3 is 0 Å². The van der Waals surface area contributed by atoms with Gasteiger partial charge in [0.2, 0.25) is 0 Å². The Hall–Kier alpha value is 0.566. The number of rotatable bonds is 8. The molecule has 0 radical (unpaired) electrons. The van der Waals surface area contributed by atoms with E-state index in [0.717, 1.165) is 6.42 Å². The van der Waals surface area contributed by atoms with Gasteiger partial charge in [0.05, 0.1) is 0 Å². The number of hydrogen-bond acceptors (Lipinski definition) is 2. The standard InChI is InChI=1S/C8H18O2P.Co/c1-2-3-4-5-6-7-8-10-11-9;/h11H,2-8H2,1H3;/q+1;+3. The molecular weight excluding hydrogens is 218 g/mol. The van der Waals surface area contributed by atoms with Crippen LogP contribution < -0.4 is 0 Å². The summed E-state index contributed by atoms with van der Waals surface area (Å²) in [6.07, 6.45) is 7.52. The van der Waals surface area contributed by atoms with Crippen molar-refractivity contribution in [1.82, 2.24) is 0 Å². The van der Waals surface area contributed by atoms with Gasteiger partial charge in [-0.05, 0) is 11.0 Å². The van der Waals surface area contributed by atoms with Crippen LogP contribution >= 0.6 is 8.69 Å². The van der Waals surface area contributed by atoms with Crippen LogP contribution in [0.15, 0.2) is 0 Å². The third kappa shape index (κ3) is 13.2. The van der Waals surface area contributed by atoms with E-state index in [4.69, 9.17) is 4.52 Å². The fourth-order valence-electron chi connectivity index (χ4n) is 0.996. The Labute approximate surface area is 86.9 Å². The minimum absolute atomic E-state index is 0. The molecule has 0 N–H and O–H groups in total. The van der Waals surface area contributed by atoms with E-state index in [1.165, 1.54) is 32.1 Å². The number of hydrogen-bond donors (Lipinski definition) is 0. The maximum absolute atomic E-state index is 9.87. The van der Waals surface area contributed by atoms with Crippen LogP contribution in [-0.4, -0.2) is 6.61 Å². The van der Waals surface area contributed by atoms with E-state index >= 15 is 0 Å². The second kappa shape index (κ2) is 14.1. The summed E-state index contributed by atoms with van der Waals surface area (Å²) < 4.78 is 14.6. The van der Waals surface area contributed by atoms with Crippen LogP contribution in [0.3, 0.4) is 0 Å². The molecule has 0 aromatic rings. The van der Waals surface area contributed by atoms with Crippen molar-refractivity contribution >= 4 is 8.69 Å². The van der Waals surface area contributed by atoms with Crippen LogP contribution in [0.25, 0.3) is 0 Å². The Bertz CT molecular complexity index is 91.1. The molecule has 72 valence electrons. The van der Waals surface area contributed by atoms with Gasteiger partial charge in [0.15, 0.2) is 0 Å². The van der Waals surface area contributed by atoms with Crippen LogP contribution in [0.5, 0.6) is 0 Å². The van der Waals surface area contributed by atoms with Crippen molar-refractivity contribution in [3.63, 3.8) is 0 Å². The molecule has 0 heterocycles. The Morgan fingerprint density at radius 1 is 1.08 bits per heavy atom. The minimum Gasteiger partial charge on any atom is -0.148 e.